The molecule has 2 rings (SSSR count). The first-order valence-electron chi connectivity index (χ1n) is 6.49. The maximum Gasteiger partial charge on any atom is 0.292 e. The molecule has 2 atom stereocenters. The van der Waals surface area contributed by atoms with E-state index in [1.165, 1.54) is 0 Å². The zero-order valence-electron chi connectivity index (χ0n) is 11.8. The average Bonchev–Trinajstić information content (AvgIpc) is 2.40. The van der Waals surface area contributed by atoms with Crippen molar-refractivity contribution in [3.63, 3.8) is 0 Å². The number of halogens is 2. The molecule has 1 saturated heterocycles. The van der Waals surface area contributed by atoms with Gasteiger partial charge in [-0.05, 0) is 31.5 Å². The van der Waals surface area contributed by atoms with Gasteiger partial charge in [0.2, 0.25) is 0 Å². The number of piperidine rings is 1. The molecule has 1 heterocycles. The molecular formula is C12H17ClFN3O4S. The van der Waals surface area contributed by atoms with Crippen LogP contribution in [-0.2, 0) is 10.0 Å². The van der Waals surface area contributed by atoms with E-state index in [1.807, 2.05) is 6.92 Å². The summed E-state index contributed by atoms with van der Waals surface area (Å²) in [5.74, 6) is -1.11. The Morgan fingerprint density at radius 2 is 2.14 bits per heavy atom. The van der Waals surface area contributed by atoms with Crippen LogP contribution in [0.2, 0.25) is 0 Å². The summed E-state index contributed by atoms with van der Waals surface area (Å²) in [5.41, 5.74) is -0.760. The van der Waals surface area contributed by atoms with Crippen molar-refractivity contribution in [1.29, 1.82) is 0 Å². The summed E-state index contributed by atoms with van der Waals surface area (Å²) in [6, 6.07) is 2.60. The second-order valence-corrected chi connectivity index (χ2v) is 6.69. The van der Waals surface area contributed by atoms with Gasteiger partial charge >= 0.3 is 0 Å². The van der Waals surface area contributed by atoms with E-state index >= 15 is 0 Å². The van der Waals surface area contributed by atoms with Gasteiger partial charge in [0.1, 0.15) is 5.82 Å². The third kappa shape index (κ3) is 3.92. The summed E-state index contributed by atoms with van der Waals surface area (Å²) in [5, 5.41) is 14.0. The van der Waals surface area contributed by atoms with E-state index in [0.717, 1.165) is 18.2 Å². The molecule has 2 unspecified atom stereocenters. The summed E-state index contributed by atoms with van der Waals surface area (Å²) in [6.45, 7) is 3.12. The fourth-order valence-corrected chi connectivity index (χ4v) is 3.96. The Bertz CT molecular complexity index is 656. The highest BCUT2D eigenvalue weighted by Gasteiger charge is 2.33. The van der Waals surface area contributed by atoms with Gasteiger partial charge in [0.05, 0.1) is 4.92 Å². The van der Waals surface area contributed by atoms with E-state index in [9.17, 15) is 22.9 Å². The fourth-order valence-electron chi connectivity index (χ4n) is 2.35. The highest BCUT2D eigenvalue weighted by atomic mass is 35.5. The zero-order valence-corrected chi connectivity index (χ0v) is 13.4. The SMILES string of the molecule is CC1CNCCC1NS(=O)(=O)c1c(F)cccc1[N+](=O)[O-].Cl. The maximum absolute atomic E-state index is 13.8. The number of rotatable bonds is 4. The number of hydrogen-bond donors (Lipinski definition) is 2. The van der Waals surface area contributed by atoms with Gasteiger partial charge < -0.3 is 5.32 Å². The van der Waals surface area contributed by atoms with Crippen molar-refractivity contribution in [1.82, 2.24) is 10.0 Å². The molecule has 0 spiro atoms. The molecule has 1 aliphatic heterocycles. The van der Waals surface area contributed by atoms with Gasteiger partial charge in [-0.25, -0.2) is 17.5 Å². The van der Waals surface area contributed by atoms with Crippen LogP contribution < -0.4 is 10.0 Å². The molecule has 0 aromatic heterocycles. The Balaban J connectivity index is 0.00000242. The first-order valence-corrected chi connectivity index (χ1v) is 7.97. The summed E-state index contributed by atoms with van der Waals surface area (Å²) in [4.78, 5) is 9.11. The van der Waals surface area contributed by atoms with Crippen LogP contribution in [0.4, 0.5) is 10.1 Å². The highest BCUT2D eigenvalue weighted by molar-refractivity contribution is 7.89. The summed E-state index contributed by atoms with van der Waals surface area (Å²) in [6.07, 6.45) is 0.544. The van der Waals surface area contributed by atoms with Gasteiger partial charge in [0.25, 0.3) is 15.7 Å². The van der Waals surface area contributed by atoms with Crippen LogP contribution in [-0.4, -0.2) is 32.5 Å². The lowest BCUT2D eigenvalue weighted by Gasteiger charge is -2.29. The summed E-state index contributed by atoms with van der Waals surface area (Å²) < 4.78 is 40.8. The van der Waals surface area contributed by atoms with Crippen molar-refractivity contribution in [3.05, 3.63) is 34.1 Å². The van der Waals surface area contributed by atoms with E-state index in [0.29, 0.717) is 19.5 Å². The first kappa shape index (κ1) is 18.8. The molecular weight excluding hydrogens is 337 g/mol. The molecule has 22 heavy (non-hydrogen) atoms. The van der Waals surface area contributed by atoms with E-state index in [-0.39, 0.29) is 24.4 Å². The zero-order chi connectivity index (χ0) is 15.6. The van der Waals surface area contributed by atoms with Crippen molar-refractivity contribution >= 4 is 28.1 Å². The number of sulfonamides is 1. The molecule has 2 N–H and O–H groups in total. The summed E-state index contributed by atoms with van der Waals surface area (Å²) >= 11 is 0. The van der Waals surface area contributed by atoms with Gasteiger partial charge in [-0.2, -0.15) is 0 Å². The first-order chi connectivity index (χ1) is 9.83. The lowest BCUT2D eigenvalue weighted by Crippen LogP contribution is -2.48. The molecule has 124 valence electrons. The fraction of sp³-hybridized carbons (Fsp3) is 0.500. The minimum Gasteiger partial charge on any atom is -0.316 e. The average molecular weight is 354 g/mol. The number of nitro benzene ring substituents is 1. The predicted molar refractivity (Wildman–Crippen MR) is 81.1 cm³/mol. The van der Waals surface area contributed by atoms with Crippen molar-refractivity contribution in [2.75, 3.05) is 13.1 Å². The topological polar surface area (TPSA) is 101 Å². The van der Waals surface area contributed by atoms with Crippen molar-refractivity contribution in [2.45, 2.75) is 24.3 Å². The summed E-state index contributed by atoms with van der Waals surface area (Å²) in [7, 11) is -4.29. The minimum atomic E-state index is -4.29. The molecule has 1 aromatic rings. The second kappa shape index (κ2) is 7.32. The Hall–Kier alpha value is -1.29. The third-order valence-electron chi connectivity index (χ3n) is 3.50. The highest BCUT2D eigenvalue weighted by Crippen LogP contribution is 2.27. The monoisotopic (exact) mass is 353 g/mol. The molecule has 0 saturated carbocycles. The molecule has 0 bridgehead atoms. The van der Waals surface area contributed by atoms with Crippen LogP contribution >= 0.6 is 12.4 Å². The maximum atomic E-state index is 13.8. The molecule has 0 aliphatic carbocycles. The van der Waals surface area contributed by atoms with Crippen LogP contribution in [0.5, 0.6) is 0 Å². The molecule has 10 heteroatoms. The molecule has 0 amide bonds. The third-order valence-corrected chi connectivity index (χ3v) is 5.06. The number of nitrogens with zero attached hydrogens (tertiary/aromatic N) is 1. The van der Waals surface area contributed by atoms with Gasteiger partial charge in [0, 0.05) is 12.1 Å². The normalized spacial score (nSPS) is 21.9. The number of nitro groups is 1. The van der Waals surface area contributed by atoms with Gasteiger partial charge in [-0.1, -0.05) is 13.0 Å². The minimum absolute atomic E-state index is 0. The number of nitrogens with one attached hydrogen (secondary N) is 2. The van der Waals surface area contributed by atoms with Crippen LogP contribution in [0.3, 0.4) is 0 Å². The van der Waals surface area contributed by atoms with E-state index < -0.39 is 31.3 Å². The van der Waals surface area contributed by atoms with E-state index in [2.05, 4.69) is 10.0 Å². The second-order valence-electron chi connectivity index (χ2n) is 5.04. The Morgan fingerprint density at radius 3 is 2.73 bits per heavy atom. The smallest absolute Gasteiger partial charge is 0.292 e. The Labute approximate surface area is 133 Å². The largest absolute Gasteiger partial charge is 0.316 e. The van der Waals surface area contributed by atoms with Gasteiger partial charge in [0.15, 0.2) is 4.90 Å². The molecule has 1 aromatic carbocycles. The standard InChI is InChI=1S/C12H16FN3O4S.ClH/c1-8-7-14-6-5-10(8)15-21(19,20)12-9(13)3-2-4-11(12)16(17)18;/h2-4,8,10,14-15H,5-7H2,1H3;1H. The number of benzene rings is 1. The molecule has 7 nitrogen and oxygen atoms in total. The molecule has 1 fully saturated rings. The van der Waals surface area contributed by atoms with Crippen LogP contribution in [0.25, 0.3) is 0 Å². The molecule has 1 aliphatic rings. The van der Waals surface area contributed by atoms with E-state index in [1.54, 1.807) is 0 Å². The predicted octanol–water partition coefficient (Wildman–Crippen LogP) is 1.43. The lowest BCUT2D eigenvalue weighted by atomic mass is 9.97. The van der Waals surface area contributed by atoms with Crippen molar-refractivity contribution in [3.8, 4) is 0 Å². The Morgan fingerprint density at radius 1 is 1.45 bits per heavy atom. The molecule has 0 radical (unpaired) electrons. The van der Waals surface area contributed by atoms with E-state index in [4.69, 9.17) is 0 Å². The van der Waals surface area contributed by atoms with Crippen LogP contribution in [0.1, 0.15) is 13.3 Å². The lowest BCUT2D eigenvalue weighted by molar-refractivity contribution is -0.388. The van der Waals surface area contributed by atoms with Crippen molar-refractivity contribution in [2.24, 2.45) is 5.92 Å². The van der Waals surface area contributed by atoms with Crippen molar-refractivity contribution < 1.29 is 17.7 Å². The quantitative estimate of drug-likeness (QED) is 0.630. The van der Waals surface area contributed by atoms with Crippen LogP contribution in [0.15, 0.2) is 23.1 Å². The van der Waals surface area contributed by atoms with Gasteiger partial charge in [-0.15, -0.1) is 12.4 Å². The van der Waals surface area contributed by atoms with Crippen LogP contribution in [0, 0.1) is 21.8 Å². The number of hydrogen-bond acceptors (Lipinski definition) is 5. The Kier molecular flexibility index (Phi) is 6.24. The van der Waals surface area contributed by atoms with Gasteiger partial charge in [-0.3, -0.25) is 10.1 Å².